The van der Waals surface area contributed by atoms with Crippen LogP contribution in [0.5, 0.6) is 0 Å². The molecule has 0 aliphatic heterocycles. The fraction of sp³-hybridized carbons (Fsp3) is 0.133. The number of nitrogen functional groups attached to an aromatic ring is 1. The van der Waals surface area contributed by atoms with E-state index in [2.05, 4.69) is 15.0 Å². The van der Waals surface area contributed by atoms with Crippen LogP contribution in [0.1, 0.15) is 11.1 Å². The molecule has 2 heterocycles. The maximum atomic E-state index is 11.8. The average Bonchev–Trinajstić information content (AvgIpc) is 2.89. The standard InChI is InChI=1S/C15H16N5O4P/c16-15-18-13-12(14(21)19-15)17-9-20(13)8-11-4-1-3-10(7-11)5-2-6-25(22,23)24/h1-5,7,9H,6,8H2,(H2,22,23,24)(H3,16,18,19,21). The molecule has 0 aliphatic carbocycles. The van der Waals surface area contributed by atoms with Crippen molar-refractivity contribution in [3.05, 3.63) is 58.1 Å². The highest BCUT2D eigenvalue weighted by Crippen LogP contribution is 2.34. The zero-order valence-electron chi connectivity index (χ0n) is 13.0. The molecule has 0 unspecified atom stereocenters. The number of hydrogen-bond acceptors (Lipinski definition) is 5. The van der Waals surface area contributed by atoms with E-state index in [-0.39, 0.29) is 17.6 Å². The molecule has 130 valence electrons. The summed E-state index contributed by atoms with van der Waals surface area (Å²) in [6, 6.07) is 7.42. The highest BCUT2D eigenvalue weighted by Gasteiger charge is 2.10. The van der Waals surface area contributed by atoms with Crippen molar-refractivity contribution in [1.29, 1.82) is 0 Å². The van der Waals surface area contributed by atoms with Crippen molar-refractivity contribution in [3.63, 3.8) is 0 Å². The summed E-state index contributed by atoms with van der Waals surface area (Å²) in [7, 11) is -4.05. The lowest BCUT2D eigenvalue weighted by Crippen LogP contribution is -2.12. The van der Waals surface area contributed by atoms with E-state index in [1.165, 1.54) is 12.4 Å². The lowest BCUT2D eigenvalue weighted by molar-refractivity contribution is 0.377. The van der Waals surface area contributed by atoms with Crippen molar-refractivity contribution < 1.29 is 14.4 Å². The molecule has 25 heavy (non-hydrogen) atoms. The minimum atomic E-state index is -4.05. The second-order valence-corrected chi connectivity index (χ2v) is 7.19. The fourth-order valence-corrected chi connectivity index (χ4v) is 2.78. The number of allylic oxidation sites excluding steroid dienone is 1. The number of aromatic amines is 1. The van der Waals surface area contributed by atoms with Crippen LogP contribution < -0.4 is 11.3 Å². The number of nitrogens with two attached hydrogens (primary N) is 1. The molecular weight excluding hydrogens is 345 g/mol. The molecule has 0 radical (unpaired) electrons. The number of aromatic nitrogens is 4. The number of nitrogens with one attached hydrogen (secondary N) is 1. The summed E-state index contributed by atoms with van der Waals surface area (Å²) in [5.74, 6) is 0.0216. The topological polar surface area (TPSA) is 147 Å². The van der Waals surface area contributed by atoms with Gasteiger partial charge in [-0.25, -0.2) is 4.98 Å². The summed E-state index contributed by atoms with van der Waals surface area (Å²) >= 11 is 0. The Morgan fingerprint density at radius 2 is 2.16 bits per heavy atom. The van der Waals surface area contributed by atoms with Crippen LogP contribution in [0, 0.1) is 0 Å². The lowest BCUT2D eigenvalue weighted by atomic mass is 10.1. The highest BCUT2D eigenvalue weighted by atomic mass is 31.2. The monoisotopic (exact) mass is 361 g/mol. The van der Waals surface area contributed by atoms with E-state index in [4.69, 9.17) is 15.5 Å². The van der Waals surface area contributed by atoms with Crippen molar-refractivity contribution in [2.24, 2.45) is 0 Å². The number of hydrogen-bond donors (Lipinski definition) is 4. The first-order valence-corrected chi connectivity index (χ1v) is 9.12. The Labute approximate surface area is 142 Å². The van der Waals surface area contributed by atoms with E-state index >= 15 is 0 Å². The van der Waals surface area contributed by atoms with Gasteiger partial charge in [0.05, 0.1) is 19.0 Å². The molecule has 9 nitrogen and oxygen atoms in total. The number of H-pyrrole nitrogens is 1. The predicted octanol–water partition coefficient (Wildman–Crippen LogP) is 0.941. The summed E-state index contributed by atoms with van der Waals surface area (Å²) in [4.78, 5) is 40.1. The van der Waals surface area contributed by atoms with Gasteiger partial charge in [-0.3, -0.25) is 14.3 Å². The van der Waals surface area contributed by atoms with E-state index in [1.54, 1.807) is 10.6 Å². The maximum absolute atomic E-state index is 11.8. The normalized spacial score (nSPS) is 12.2. The van der Waals surface area contributed by atoms with E-state index in [9.17, 15) is 9.36 Å². The Bertz CT molecular complexity index is 1050. The van der Waals surface area contributed by atoms with Crippen molar-refractivity contribution >= 4 is 30.8 Å². The van der Waals surface area contributed by atoms with Gasteiger partial charge in [-0.1, -0.05) is 30.4 Å². The zero-order valence-corrected chi connectivity index (χ0v) is 13.9. The van der Waals surface area contributed by atoms with Gasteiger partial charge in [-0.15, -0.1) is 0 Å². The lowest BCUT2D eigenvalue weighted by Gasteiger charge is -2.05. The molecular formula is C15H16N5O4P. The number of rotatable bonds is 5. The van der Waals surface area contributed by atoms with Crippen LogP contribution in [0.15, 0.2) is 41.5 Å². The summed E-state index contributed by atoms with van der Waals surface area (Å²) in [5, 5.41) is 0. The Hall–Kier alpha value is -2.74. The SMILES string of the molecule is Nc1nc2c(ncn2Cc2cccc(C=CCP(=O)(O)O)c2)c(=O)[nH]1. The van der Waals surface area contributed by atoms with E-state index in [0.29, 0.717) is 12.2 Å². The molecule has 0 amide bonds. The van der Waals surface area contributed by atoms with Crippen LogP contribution >= 0.6 is 7.60 Å². The van der Waals surface area contributed by atoms with Gasteiger partial charge in [-0.2, -0.15) is 4.98 Å². The first-order valence-electron chi connectivity index (χ1n) is 7.32. The van der Waals surface area contributed by atoms with Crippen LogP contribution in [0.3, 0.4) is 0 Å². The summed E-state index contributed by atoms with van der Waals surface area (Å²) < 4.78 is 12.6. The second-order valence-electron chi connectivity index (χ2n) is 5.49. The van der Waals surface area contributed by atoms with Crippen LogP contribution in [0.4, 0.5) is 5.95 Å². The minimum Gasteiger partial charge on any atom is -0.369 e. The third-order valence-corrected chi connectivity index (χ3v) is 4.14. The third kappa shape index (κ3) is 4.21. The van der Waals surface area contributed by atoms with Crippen molar-refractivity contribution in [2.45, 2.75) is 6.54 Å². The quantitative estimate of drug-likeness (QED) is 0.494. The molecule has 10 heteroatoms. The van der Waals surface area contributed by atoms with Crippen LogP contribution in [-0.2, 0) is 11.1 Å². The number of fused-ring (bicyclic) bond motifs is 1. The Balaban J connectivity index is 1.86. The molecule has 5 N–H and O–H groups in total. The number of nitrogens with zero attached hydrogens (tertiary/aromatic N) is 3. The predicted molar refractivity (Wildman–Crippen MR) is 94.1 cm³/mol. The smallest absolute Gasteiger partial charge is 0.329 e. The second kappa shape index (κ2) is 6.64. The molecule has 2 aromatic heterocycles. The molecule has 0 spiro atoms. The van der Waals surface area contributed by atoms with Crippen molar-refractivity contribution in [3.8, 4) is 0 Å². The molecule has 1 aromatic carbocycles. The molecule has 3 rings (SSSR count). The summed E-state index contributed by atoms with van der Waals surface area (Å²) in [6.07, 6.45) is 4.29. The van der Waals surface area contributed by atoms with Crippen LogP contribution in [0.25, 0.3) is 17.2 Å². The Morgan fingerprint density at radius 1 is 1.36 bits per heavy atom. The largest absolute Gasteiger partial charge is 0.369 e. The van der Waals surface area contributed by atoms with Gasteiger partial charge in [0, 0.05) is 0 Å². The molecule has 0 bridgehead atoms. The van der Waals surface area contributed by atoms with Gasteiger partial charge in [0.25, 0.3) is 5.56 Å². The molecule has 0 aliphatic rings. The van der Waals surface area contributed by atoms with Gasteiger partial charge in [0.1, 0.15) is 0 Å². The van der Waals surface area contributed by atoms with Gasteiger partial charge >= 0.3 is 7.60 Å². The first kappa shape index (κ1) is 17.1. The fourth-order valence-electron chi connectivity index (χ4n) is 2.40. The van der Waals surface area contributed by atoms with Gasteiger partial charge in [0.2, 0.25) is 5.95 Å². The molecule has 0 fully saturated rings. The number of imidazole rings is 1. The average molecular weight is 361 g/mol. The summed E-state index contributed by atoms with van der Waals surface area (Å²) in [5.41, 5.74) is 7.51. The number of anilines is 1. The van der Waals surface area contributed by atoms with E-state index in [0.717, 1.165) is 11.1 Å². The third-order valence-electron chi connectivity index (χ3n) is 3.45. The number of benzene rings is 1. The molecule has 0 atom stereocenters. The van der Waals surface area contributed by atoms with E-state index in [1.807, 2.05) is 24.3 Å². The van der Waals surface area contributed by atoms with Gasteiger partial charge in [0.15, 0.2) is 11.2 Å². The van der Waals surface area contributed by atoms with Crippen molar-refractivity contribution in [2.75, 3.05) is 11.9 Å². The van der Waals surface area contributed by atoms with Crippen LogP contribution in [-0.4, -0.2) is 35.5 Å². The minimum absolute atomic E-state index is 0.0216. The molecule has 3 aromatic rings. The zero-order chi connectivity index (χ0) is 18.0. The maximum Gasteiger partial charge on any atom is 0.329 e. The molecule has 0 saturated heterocycles. The first-order chi connectivity index (χ1) is 11.8. The van der Waals surface area contributed by atoms with Crippen molar-refractivity contribution in [1.82, 2.24) is 19.5 Å². The Kier molecular flexibility index (Phi) is 4.54. The summed E-state index contributed by atoms with van der Waals surface area (Å²) in [6.45, 7) is 0.423. The molecule has 0 saturated carbocycles. The Morgan fingerprint density at radius 3 is 2.92 bits per heavy atom. The van der Waals surface area contributed by atoms with Gasteiger partial charge in [-0.05, 0) is 17.2 Å². The van der Waals surface area contributed by atoms with Crippen LogP contribution in [0.2, 0.25) is 0 Å². The van der Waals surface area contributed by atoms with Gasteiger partial charge < -0.3 is 20.1 Å². The van der Waals surface area contributed by atoms with E-state index < -0.39 is 13.2 Å². The highest BCUT2D eigenvalue weighted by molar-refractivity contribution is 7.51.